The van der Waals surface area contributed by atoms with Gasteiger partial charge in [0.15, 0.2) is 0 Å². The highest BCUT2D eigenvalue weighted by atomic mass is 19.1. The molecule has 200 valence electrons. The van der Waals surface area contributed by atoms with Crippen LogP contribution in [0, 0.1) is 23.1 Å². The van der Waals surface area contributed by atoms with Crippen LogP contribution in [0.15, 0.2) is 60.7 Å². The van der Waals surface area contributed by atoms with Crippen LogP contribution in [0.4, 0.5) is 4.39 Å². The minimum Gasteiger partial charge on any atom is -0.497 e. The van der Waals surface area contributed by atoms with Gasteiger partial charge in [-0.3, -0.25) is 4.79 Å². The van der Waals surface area contributed by atoms with Gasteiger partial charge in [-0.1, -0.05) is 57.0 Å². The predicted octanol–water partition coefficient (Wildman–Crippen LogP) is 7.73. The summed E-state index contributed by atoms with van der Waals surface area (Å²) in [5.41, 5.74) is 4.24. The van der Waals surface area contributed by atoms with Gasteiger partial charge in [0.1, 0.15) is 23.9 Å². The Bertz CT molecular complexity index is 1310. The van der Waals surface area contributed by atoms with Crippen LogP contribution in [-0.2, 0) is 22.6 Å². The van der Waals surface area contributed by atoms with Gasteiger partial charge < -0.3 is 14.2 Å². The van der Waals surface area contributed by atoms with E-state index in [0.717, 1.165) is 28.7 Å². The number of rotatable bonds is 10. The third-order valence-electron chi connectivity index (χ3n) is 6.01. The monoisotopic (exact) mass is 516 g/mol. The molecule has 1 unspecified atom stereocenters. The second-order valence-electron chi connectivity index (χ2n) is 10.4. The second kappa shape index (κ2) is 13.1. The molecule has 38 heavy (non-hydrogen) atoms. The molecule has 0 aliphatic carbocycles. The zero-order valence-corrected chi connectivity index (χ0v) is 23.2. The Morgan fingerprint density at radius 3 is 2.45 bits per heavy atom. The lowest BCUT2D eigenvalue weighted by atomic mass is 9.84. The summed E-state index contributed by atoms with van der Waals surface area (Å²) in [5.74, 6) is 6.56. The number of hydrogen-bond acceptors (Lipinski definition) is 4. The lowest BCUT2D eigenvalue weighted by molar-refractivity contribution is -0.143. The average molecular weight is 517 g/mol. The number of halogens is 1. The number of hydrogen-bond donors (Lipinski definition) is 0. The van der Waals surface area contributed by atoms with E-state index in [1.54, 1.807) is 33.1 Å². The fourth-order valence-electron chi connectivity index (χ4n) is 4.36. The highest BCUT2D eigenvalue weighted by Crippen LogP contribution is 2.35. The number of carbonyl (C=O) groups excluding carboxylic acids is 1. The molecule has 0 aliphatic heterocycles. The lowest BCUT2D eigenvalue weighted by Crippen LogP contribution is -2.11. The molecule has 0 heterocycles. The summed E-state index contributed by atoms with van der Waals surface area (Å²) in [5, 5.41) is 0. The predicted molar refractivity (Wildman–Crippen MR) is 150 cm³/mol. The zero-order chi connectivity index (χ0) is 27.7. The third kappa shape index (κ3) is 8.11. The van der Waals surface area contributed by atoms with Gasteiger partial charge in [0.05, 0.1) is 26.1 Å². The first-order chi connectivity index (χ1) is 18.1. The maximum absolute atomic E-state index is 14.8. The Balaban J connectivity index is 1.86. The van der Waals surface area contributed by atoms with Crippen molar-refractivity contribution < 1.29 is 23.4 Å². The topological polar surface area (TPSA) is 44.8 Å². The SMILES string of the molecule is CC#CC(CC(=O)OCC)c1cccc(COc2ccc(-c3cc(OC)ccc3F)c(CC(C)(C)C)c2)c1. The van der Waals surface area contributed by atoms with Gasteiger partial charge in [0, 0.05) is 5.56 Å². The first-order valence-electron chi connectivity index (χ1n) is 12.9. The second-order valence-corrected chi connectivity index (χ2v) is 10.4. The van der Waals surface area contributed by atoms with Crippen LogP contribution in [0.25, 0.3) is 11.1 Å². The van der Waals surface area contributed by atoms with Gasteiger partial charge in [0.2, 0.25) is 0 Å². The summed E-state index contributed by atoms with van der Waals surface area (Å²) < 4.78 is 31.5. The molecule has 1 atom stereocenters. The van der Waals surface area contributed by atoms with Gasteiger partial charge in [-0.2, -0.15) is 0 Å². The minimum atomic E-state index is -0.293. The Morgan fingerprint density at radius 2 is 1.76 bits per heavy atom. The molecule has 3 aromatic carbocycles. The van der Waals surface area contributed by atoms with E-state index in [-0.39, 0.29) is 29.5 Å². The van der Waals surface area contributed by atoms with Crippen LogP contribution < -0.4 is 9.47 Å². The molecular weight excluding hydrogens is 479 g/mol. The number of benzene rings is 3. The summed E-state index contributed by atoms with van der Waals surface area (Å²) in [6.07, 6.45) is 0.953. The zero-order valence-electron chi connectivity index (χ0n) is 23.2. The molecule has 0 aromatic heterocycles. The third-order valence-corrected chi connectivity index (χ3v) is 6.01. The summed E-state index contributed by atoms with van der Waals surface area (Å²) in [6, 6.07) is 18.5. The number of ether oxygens (including phenoxy) is 3. The molecule has 0 fully saturated rings. The Kier molecular flexibility index (Phi) is 9.96. The summed E-state index contributed by atoms with van der Waals surface area (Å²) >= 11 is 0. The van der Waals surface area contributed by atoms with Crippen LogP contribution in [0.1, 0.15) is 63.6 Å². The fourth-order valence-corrected chi connectivity index (χ4v) is 4.36. The van der Waals surface area contributed by atoms with Gasteiger partial charge in [-0.25, -0.2) is 4.39 Å². The van der Waals surface area contributed by atoms with Crippen LogP contribution in [0.3, 0.4) is 0 Å². The van der Waals surface area contributed by atoms with Crippen molar-refractivity contribution in [3.05, 3.63) is 83.2 Å². The molecule has 0 aliphatic rings. The van der Waals surface area contributed by atoms with E-state index in [1.807, 2.05) is 42.5 Å². The molecule has 0 radical (unpaired) electrons. The van der Waals surface area contributed by atoms with E-state index in [4.69, 9.17) is 14.2 Å². The van der Waals surface area contributed by atoms with Gasteiger partial charge >= 0.3 is 5.97 Å². The van der Waals surface area contributed by atoms with E-state index in [2.05, 4.69) is 32.6 Å². The van der Waals surface area contributed by atoms with E-state index in [0.29, 0.717) is 30.3 Å². The number of carbonyl (C=O) groups is 1. The minimum absolute atomic E-state index is 0.00863. The Morgan fingerprint density at radius 1 is 1.00 bits per heavy atom. The molecule has 3 aromatic rings. The van der Waals surface area contributed by atoms with Crippen molar-refractivity contribution >= 4 is 5.97 Å². The van der Waals surface area contributed by atoms with E-state index < -0.39 is 0 Å². The van der Waals surface area contributed by atoms with Crippen LogP contribution in [-0.4, -0.2) is 19.7 Å². The quantitative estimate of drug-likeness (QED) is 0.204. The highest BCUT2D eigenvalue weighted by molar-refractivity contribution is 5.71. The first-order valence-corrected chi connectivity index (χ1v) is 12.9. The van der Waals surface area contributed by atoms with E-state index in [9.17, 15) is 9.18 Å². The largest absolute Gasteiger partial charge is 0.497 e. The molecule has 0 saturated heterocycles. The Hall–Kier alpha value is -3.78. The molecule has 3 rings (SSSR count). The molecule has 0 amide bonds. The van der Waals surface area contributed by atoms with E-state index >= 15 is 0 Å². The number of esters is 1. The van der Waals surface area contributed by atoms with Gasteiger partial charge in [-0.15, -0.1) is 5.92 Å². The maximum Gasteiger partial charge on any atom is 0.307 e. The highest BCUT2D eigenvalue weighted by Gasteiger charge is 2.19. The van der Waals surface area contributed by atoms with Gasteiger partial charge in [0.25, 0.3) is 0 Å². The number of methoxy groups -OCH3 is 1. The molecule has 0 bridgehead atoms. The molecule has 0 saturated carbocycles. The lowest BCUT2D eigenvalue weighted by Gasteiger charge is -2.22. The van der Waals surface area contributed by atoms with Crippen molar-refractivity contribution in [1.29, 1.82) is 0 Å². The van der Waals surface area contributed by atoms with Gasteiger partial charge in [-0.05, 0) is 78.3 Å². The van der Waals surface area contributed by atoms with Crippen LogP contribution in [0.5, 0.6) is 11.5 Å². The van der Waals surface area contributed by atoms with Crippen molar-refractivity contribution in [3.8, 4) is 34.5 Å². The van der Waals surface area contributed by atoms with Crippen molar-refractivity contribution in [2.45, 2.75) is 60.0 Å². The molecule has 5 heteroatoms. The maximum atomic E-state index is 14.8. The summed E-state index contributed by atoms with van der Waals surface area (Å²) in [4.78, 5) is 12.1. The summed E-state index contributed by atoms with van der Waals surface area (Å²) in [7, 11) is 1.58. The van der Waals surface area contributed by atoms with Crippen molar-refractivity contribution in [3.63, 3.8) is 0 Å². The smallest absolute Gasteiger partial charge is 0.307 e. The average Bonchev–Trinajstić information content (AvgIpc) is 2.87. The van der Waals surface area contributed by atoms with Crippen molar-refractivity contribution in [1.82, 2.24) is 0 Å². The van der Waals surface area contributed by atoms with Crippen LogP contribution in [0.2, 0.25) is 0 Å². The summed E-state index contributed by atoms with van der Waals surface area (Å²) in [6.45, 7) is 10.7. The Labute approximate surface area is 226 Å². The molecular formula is C33H37FO4. The van der Waals surface area contributed by atoms with Crippen molar-refractivity contribution in [2.75, 3.05) is 13.7 Å². The molecule has 0 spiro atoms. The standard InChI is InChI=1S/C33H37FO4/c1-7-10-24(19-32(35)37-8-2)25-12-9-11-23(17-25)22-38-28-13-15-29(26(18-28)21-33(3,4)5)30-20-27(36-6)14-16-31(30)34/h9,11-18,20,24H,8,19,21-22H2,1-6H3. The molecule has 0 N–H and O–H groups in total. The fraction of sp³-hybridized carbons (Fsp3) is 0.364. The first kappa shape index (κ1) is 28.8. The van der Waals surface area contributed by atoms with Crippen LogP contribution >= 0.6 is 0 Å². The van der Waals surface area contributed by atoms with E-state index in [1.165, 1.54) is 6.07 Å². The van der Waals surface area contributed by atoms with Crippen molar-refractivity contribution in [2.24, 2.45) is 5.41 Å². The molecule has 4 nitrogen and oxygen atoms in total. The normalized spacial score (nSPS) is 11.8.